The van der Waals surface area contributed by atoms with Crippen molar-refractivity contribution in [2.24, 2.45) is 0 Å². The van der Waals surface area contributed by atoms with Crippen LogP contribution in [0.2, 0.25) is 0 Å². The first-order valence-corrected chi connectivity index (χ1v) is 9.50. The summed E-state index contributed by atoms with van der Waals surface area (Å²) in [5, 5.41) is 12.6. The van der Waals surface area contributed by atoms with Crippen LogP contribution in [-0.2, 0) is 13.1 Å². The van der Waals surface area contributed by atoms with Gasteiger partial charge in [0.15, 0.2) is 4.96 Å². The van der Waals surface area contributed by atoms with Gasteiger partial charge in [-0.15, -0.1) is 11.3 Å². The molecule has 0 saturated carbocycles. The molecular formula is C19H21N3O4S. The highest BCUT2D eigenvalue weighted by Crippen LogP contribution is 2.39. The van der Waals surface area contributed by atoms with Crippen LogP contribution in [-0.4, -0.2) is 40.2 Å². The van der Waals surface area contributed by atoms with E-state index >= 15 is 0 Å². The lowest BCUT2D eigenvalue weighted by atomic mass is 9.95. The number of aromatic nitrogens is 2. The number of β-amino-alcohol motifs (C(OH)–C–C–N with tert-alkyl or cyclic N) is 1. The Kier molecular flexibility index (Phi) is 4.63. The molecule has 142 valence electrons. The van der Waals surface area contributed by atoms with Crippen LogP contribution in [0.25, 0.3) is 4.96 Å². The lowest BCUT2D eigenvalue weighted by Crippen LogP contribution is -2.34. The van der Waals surface area contributed by atoms with Gasteiger partial charge in [-0.3, -0.25) is 14.1 Å². The van der Waals surface area contributed by atoms with Crippen molar-refractivity contribution in [2.45, 2.75) is 26.1 Å². The first-order chi connectivity index (χ1) is 13.0. The summed E-state index contributed by atoms with van der Waals surface area (Å²) in [6.45, 7) is 3.38. The third-order valence-electron chi connectivity index (χ3n) is 4.87. The fourth-order valence-electron chi connectivity index (χ4n) is 3.68. The van der Waals surface area contributed by atoms with Crippen molar-refractivity contribution in [3.05, 3.63) is 56.4 Å². The zero-order valence-electron chi connectivity index (χ0n) is 15.4. The van der Waals surface area contributed by atoms with E-state index in [0.29, 0.717) is 41.8 Å². The summed E-state index contributed by atoms with van der Waals surface area (Å²) >= 11 is 1.45. The topological polar surface area (TPSA) is 76.3 Å². The number of nitrogens with zero attached hydrogens (tertiary/aromatic N) is 3. The van der Waals surface area contributed by atoms with Gasteiger partial charge in [0.2, 0.25) is 0 Å². The van der Waals surface area contributed by atoms with Gasteiger partial charge in [-0.1, -0.05) is 0 Å². The summed E-state index contributed by atoms with van der Waals surface area (Å²) < 4.78 is 12.5. The molecule has 0 bridgehead atoms. The lowest BCUT2D eigenvalue weighted by Gasteiger charge is -2.33. The fraction of sp³-hybridized carbons (Fsp3) is 0.368. The lowest BCUT2D eigenvalue weighted by molar-refractivity contribution is 0.0836. The number of fused-ring (bicyclic) bond motifs is 2. The number of aliphatic hydroxyl groups excluding tert-OH is 1. The van der Waals surface area contributed by atoms with Crippen molar-refractivity contribution in [1.82, 2.24) is 14.3 Å². The number of aliphatic hydroxyl groups is 1. The van der Waals surface area contributed by atoms with Crippen molar-refractivity contribution in [1.29, 1.82) is 0 Å². The summed E-state index contributed by atoms with van der Waals surface area (Å²) in [4.78, 5) is 19.8. The van der Waals surface area contributed by atoms with Crippen molar-refractivity contribution in [3.63, 3.8) is 0 Å². The molecule has 7 nitrogen and oxygen atoms in total. The van der Waals surface area contributed by atoms with E-state index in [4.69, 9.17) is 9.47 Å². The van der Waals surface area contributed by atoms with E-state index in [2.05, 4.69) is 9.88 Å². The van der Waals surface area contributed by atoms with Gasteiger partial charge < -0.3 is 14.6 Å². The van der Waals surface area contributed by atoms with Gasteiger partial charge in [0.25, 0.3) is 5.56 Å². The van der Waals surface area contributed by atoms with Crippen LogP contribution in [0.5, 0.6) is 11.5 Å². The highest BCUT2D eigenvalue weighted by atomic mass is 32.1. The fourth-order valence-corrected chi connectivity index (χ4v) is 4.57. The second-order valence-electron chi connectivity index (χ2n) is 6.63. The Balaban J connectivity index is 1.67. The minimum atomic E-state index is -0.701. The monoisotopic (exact) mass is 387 g/mol. The van der Waals surface area contributed by atoms with Crippen LogP contribution >= 0.6 is 11.3 Å². The van der Waals surface area contributed by atoms with Crippen LogP contribution in [0.3, 0.4) is 0 Å². The van der Waals surface area contributed by atoms with Gasteiger partial charge in [-0.2, -0.15) is 0 Å². The molecule has 0 spiro atoms. The maximum Gasteiger partial charge on any atom is 0.259 e. The number of hydrogen-bond donors (Lipinski definition) is 1. The zero-order valence-corrected chi connectivity index (χ0v) is 16.2. The van der Waals surface area contributed by atoms with Gasteiger partial charge in [-0.05, 0) is 19.1 Å². The molecule has 1 aliphatic rings. The molecule has 0 radical (unpaired) electrons. The van der Waals surface area contributed by atoms with Crippen molar-refractivity contribution < 1.29 is 14.6 Å². The van der Waals surface area contributed by atoms with E-state index in [1.54, 1.807) is 24.7 Å². The van der Waals surface area contributed by atoms with Crippen LogP contribution in [0.15, 0.2) is 28.4 Å². The van der Waals surface area contributed by atoms with E-state index < -0.39 is 6.10 Å². The molecule has 2 aromatic heterocycles. The van der Waals surface area contributed by atoms with E-state index in [0.717, 1.165) is 16.8 Å². The predicted molar refractivity (Wildman–Crippen MR) is 103 cm³/mol. The summed E-state index contributed by atoms with van der Waals surface area (Å²) in [6, 6.07) is 5.22. The molecule has 8 heteroatoms. The molecule has 27 heavy (non-hydrogen) atoms. The first kappa shape index (κ1) is 18.0. The summed E-state index contributed by atoms with van der Waals surface area (Å²) in [6.07, 6.45) is -0.701. The van der Waals surface area contributed by atoms with Crippen molar-refractivity contribution in [3.8, 4) is 11.5 Å². The van der Waals surface area contributed by atoms with Crippen LogP contribution in [0, 0.1) is 6.92 Å². The SMILES string of the molecule is COc1ccc(OC)c2c1CN(Cc1cc(=O)n3c(C)csc3n1)C[C@@H]2O. The Hall–Kier alpha value is -2.42. The largest absolute Gasteiger partial charge is 0.496 e. The Morgan fingerprint density at radius 1 is 1.30 bits per heavy atom. The summed E-state index contributed by atoms with van der Waals surface area (Å²) in [5.41, 5.74) is 3.18. The highest BCUT2D eigenvalue weighted by Gasteiger charge is 2.30. The van der Waals surface area contributed by atoms with Gasteiger partial charge in [0.05, 0.1) is 26.0 Å². The molecule has 1 aromatic carbocycles. The first-order valence-electron chi connectivity index (χ1n) is 8.62. The summed E-state index contributed by atoms with van der Waals surface area (Å²) in [5.74, 6) is 1.37. The van der Waals surface area contributed by atoms with Gasteiger partial charge in [0.1, 0.15) is 11.5 Å². The van der Waals surface area contributed by atoms with E-state index in [-0.39, 0.29) is 5.56 Å². The van der Waals surface area contributed by atoms with Crippen molar-refractivity contribution in [2.75, 3.05) is 20.8 Å². The van der Waals surface area contributed by atoms with Crippen LogP contribution in [0.1, 0.15) is 28.6 Å². The molecule has 0 aliphatic carbocycles. The second-order valence-corrected chi connectivity index (χ2v) is 7.47. The molecule has 4 rings (SSSR count). The standard InChI is InChI=1S/C19H21N3O4S/c1-11-10-27-19-20-12(6-17(24)22(11)19)7-21-8-13-15(25-2)4-5-16(26-3)18(13)14(23)9-21/h4-6,10,14,23H,7-9H2,1-3H3/t14-/m0/s1. The van der Waals surface area contributed by atoms with E-state index in [9.17, 15) is 9.90 Å². The smallest absolute Gasteiger partial charge is 0.259 e. The second kappa shape index (κ2) is 6.95. The molecule has 1 atom stereocenters. The molecule has 0 unspecified atom stereocenters. The van der Waals surface area contributed by atoms with Crippen molar-refractivity contribution >= 4 is 16.3 Å². The Morgan fingerprint density at radius 3 is 2.78 bits per heavy atom. The highest BCUT2D eigenvalue weighted by molar-refractivity contribution is 7.15. The number of rotatable bonds is 4. The minimum Gasteiger partial charge on any atom is -0.496 e. The van der Waals surface area contributed by atoms with E-state index in [1.165, 1.54) is 11.3 Å². The normalized spacial score (nSPS) is 17.1. The number of methoxy groups -OCH3 is 2. The molecule has 0 saturated heterocycles. The van der Waals surface area contributed by atoms with Gasteiger partial charge in [-0.25, -0.2) is 4.98 Å². The molecule has 1 N–H and O–H groups in total. The van der Waals surface area contributed by atoms with Gasteiger partial charge in [0, 0.05) is 47.9 Å². The Bertz CT molecular complexity index is 1060. The molecule has 3 aromatic rings. The average molecular weight is 387 g/mol. The number of hydrogen-bond acceptors (Lipinski definition) is 7. The predicted octanol–water partition coefficient (Wildman–Crippen LogP) is 2.13. The third kappa shape index (κ3) is 3.09. The molecule has 3 heterocycles. The average Bonchev–Trinajstić information content (AvgIpc) is 3.02. The number of aryl methyl sites for hydroxylation is 1. The van der Waals surface area contributed by atoms with E-state index in [1.807, 2.05) is 24.4 Å². The minimum absolute atomic E-state index is 0.0778. The van der Waals surface area contributed by atoms with Gasteiger partial charge >= 0.3 is 0 Å². The Morgan fingerprint density at radius 2 is 2.04 bits per heavy atom. The molecule has 0 fully saturated rings. The Labute approximate surface area is 160 Å². The molecule has 0 amide bonds. The molecule has 1 aliphatic heterocycles. The number of ether oxygens (including phenoxy) is 2. The number of thiazole rings is 1. The molecular weight excluding hydrogens is 366 g/mol. The number of benzene rings is 1. The zero-order chi connectivity index (χ0) is 19.1. The van der Waals surface area contributed by atoms with Crippen LogP contribution in [0.4, 0.5) is 0 Å². The maximum absolute atomic E-state index is 12.4. The summed E-state index contributed by atoms with van der Waals surface area (Å²) in [7, 11) is 3.21. The third-order valence-corrected chi connectivity index (χ3v) is 5.82. The maximum atomic E-state index is 12.4. The quantitative estimate of drug-likeness (QED) is 0.739. The van der Waals surface area contributed by atoms with Crippen LogP contribution < -0.4 is 15.0 Å².